The lowest BCUT2D eigenvalue weighted by molar-refractivity contribution is 0.0688. The number of carboxylic acid groups (broad SMARTS) is 1. The molecule has 0 bridgehead atoms. The number of fused-ring (bicyclic) bond motifs is 2. The first kappa shape index (κ1) is 22.1. The molecule has 2 aromatic carbocycles. The summed E-state index contributed by atoms with van der Waals surface area (Å²) in [4.78, 5) is 11.3. The van der Waals surface area contributed by atoms with Gasteiger partial charge in [-0.15, -0.1) is 0 Å². The average Bonchev–Trinajstić information content (AvgIpc) is 3.55. The highest BCUT2D eigenvalue weighted by molar-refractivity contribution is 5.88. The second-order valence-electron chi connectivity index (χ2n) is 9.76. The van der Waals surface area contributed by atoms with Crippen molar-refractivity contribution in [2.45, 2.75) is 62.8 Å². The van der Waals surface area contributed by atoms with E-state index in [-0.39, 0.29) is 23.0 Å². The molecule has 2 aromatic rings. The third kappa shape index (κ3) is 3.75. The lowest BCUT2D eigenvalue weighted by Gasteiger charge is -2.24. The fourth-order valence-electron chi connectivity index (χ4n) is 5.86. The number of aromatic carboxylic acids is 1. The Morgan fingerprint density at radius 1 is 1.24 bits per heavy atom. The Labute approximate surface area is 192 Å². The number of rotatable bonds is 5. The van der Waals surface area contributed by atoms with Crippen molar-refractivity contribution in [3.05, 3.63) is 76.6 Å². The van der Waals surface area contributed by atoms with E-state index in [1.807, 2.05) is 24.3 Å². The largest absolute Gasteiger partial charge is 0.487 e. The summed E-state index contributed by atoms with van der Waals surface area (Å²) in [5.74, 6) is -2.44. The summed E-state index contributed by atoms with van der Waals surface area (Å²) in [7, 11) is 0. The maximum Gasteiger partial charge on any atom is 0.338 e. The van der Waals surface area contributed by atoms with Crippen LogP contribution in [0.5, 0.6) is 5.75 Å². The van der Waals surface area contributed by atoms with Crippen molar-refractivity contribution >= 4 is 5.97 Å². The standard InChI is InChI=1S/C27H29FO5/c1-15-4-2-3-5-20(15)27(12-13-27)23(30)11-10-17-18-8-6-16-7-9-19(26(31)32)24(28)25(16)33-22(18)14-21(17)29/h2-5,7,9-11,17-18,21-23,29-30H,6,8,12-14H2,1H3,(H,31,32)/b11-10+/t17-,18-,21-,22+,23?/m1/s1. The third-order valence-corrected chi connectivity index (χ3v) is 7.87. The molecule has 5 nitrogen and oxygen atoms in total. The Kier molecular flexibility index (Phi) is 5.53. The van der Waals surface area contributed by atoms with E-state index in [2.05, 4.69) is 19.1 Å². The SMILES string of the molecule is Cc1ccccc1C1(C(O)/C=C/[C@@H]2[C@H]3CCc4ccc(C(=O)O)c(F)c4O[C@H]3C[C@H]2O)CC1. The van der Waals surface area contributed by atoms with E-state index in [4.69, 9.17) is 4.74 Å². The van der Waals surface area contributed by atoms with Crippen LogP contribution in [-0.4, -0.2) is 39.6 Å². The van der Waals surface area contributed by atoms with Crippen LogP contribution in [0, 0.1) is 24.6 Å². The first-order valence-electron chi connectivity index (χ1n) is 11.6. The fraction of sp³-hybridized carbons (Fsp3) is 0.444. The van der Waals surface area contributed by atoms with Crippen molar-refractivity contribution < 1.29 is 29.2 Å². The number of carboxylic acids is 1. The maximum atomic E-state index is 14.8. The predicted molar refractivity (Wildman–Crippen MR) is 121 cm³/mol. The van der Waals surface area contributed by atoms with E-state index in [0.717, 1.165) is 12.8 Å². The van der Waals surface area contributed by atoms with Gasteiger partial charge in [-0.1, -0.05) is 42.5 Å². The van der Waals surface area contributed by atoms with Gasteiger partial charge in [0.15, 0.2) is 11.6 Å². The van der Waals surface area contributed by atoms with Gasteiger partial charge < -0.3 is 20.1 Å². The number of aliphatic hydroxyl groups is 2. The Morgan fingerprint density at radius 3 is 2.70 bits per heavy atom. The van der Waals surface area contributed by atoms with Crippen LogP contribution in [0.3, 0.4) is 0 Å². The number of ether oxygens (including phenoxy) is 1. The Hall–Kier alpha value is -2.70. The molecule has 1 aliphatic heterocycles. The van der Waals surface area contributed by atoms with E-state index in [1.54, 1.807) is 6.07 Å². The van der Waals surface area contributed by atoms with Crippen LogP contribution in [-0.2, 0) is 11.8 Å². The highest BCUT2D eigenvalue weighted by Gasteiger charge is 2.50. The van der Waals surface area contributed by atoms with Crippen LogP contribution in [0.4, 0.5) is 4.39 Å². The topological polar surface area (TPSA) is 87.0 Å². The maximum absolute atomic E-state index is 14.8. The van der Waals surface area contributed by atoms with Gasteiger partial charge in [0.05, 0.1) is 17.8 Å². The van der Waals surface area contributed by atoms with Gasteiger partial charge in [0.1, 0.15) is 6.10 Å². The van der Waals surface area contributed by atoms with Gasteiger partial charge >= 0.3 is 5.97 Å². The molecular weight excluding hydrogens is 423 g/mol. The molecule has 1 heterocycles. The van der Waals surface area contributed by atoms with E-state index < -0.39 is 35.7 Å². The lowest BCUT2D eigenvalue weighted by Crippen LogP contribution is -2.27. The van der Waals surface area contributed by atoms with E-state index in [9.17, 15) is 24.5 Å². The summed E-state index contributed by atoms with van der Waals surface area (Å²) in [6, 6.07) is 11.0. The molecule has 3 N–H and O–H groups in total. The molecule has 0 radical (unpaired) electrons. The van der Waals surface area contributed by atoms with Gasteiger partial charge in [-0.2, -0.15) is 0 Å². The van der Waals surface area contributed by atoms with E-state index >= 15 is 0 Å². The predicted octanol–water partition coefficient (Wildman–Crippen LogP) is 4.17. The molecule has 0 spiro atoms. The summed E-state index contributed by atoms with van der Waals surface area (Å²) in [6.07, 6.45) is 5.43. The molecular formula is C27H29FO5. The van der Waals surface area contributed by atoms with Crippen molar-refractivity contribution in [1.82, 2.24) is 0 Å². The van der Waals surface area contributed by atoms with Crippen LogP contribution >= 0.6 is 0 Å². The summed E-state index contributed by atoms with van der Waals surface area (Å²) in [5.41, 5.74) is 2.32. The van der Waals surface area contributed by atoms with E-state index in [1.165, 1.54) is 17.2 Å². The van der Waals surface area contributed by atoms with Gasteiger partial charge in [0, 0.05) is 23.7 Å². The van der Waals surface area contributed by atoms with Crippen LogP contribution in [0.15, 0.2) is 48.6 Å². The zero-order valence-electron chi connectivity index (χ0n) is 18.6. The number of benzene rings is 2. The third-order valence-electron chi connectivity index (χ3n) is 7.87. The summed E-state index contributed by atoms with van der Waals surface area (Å²) >= 11 is 0. The van der Waals surface area contributed by atoms with Crippen molar-refractivity contribution in [1.29, 1.82) is 0 Å². The van der Waals surface area contributed by atoms with Gasteiger partial charge in [-0.3, -0.25) is 0 Å². The Bertz CT molecular complexity index is 1110. The van der Waals surface area contributed by atoms with Crippen molar-refractivity contribution in [2.75, 3.05) is 0 Å². The number of aryl methyl sites for hydroxylation is 2. The summed E-state index contributed by atoms with van der Waals surface area (Å²) < 4.78 is 20.8. The molecule has 2 fully saturated rings. The minimum absolute atomic E-state index is 0.00393. The first-order chi connectivity index (χ1) is 15.8. The normalized spacial score (nSPS) is 28.5. The highest BCUT2D eigenvalue weighted by atomic mass is 19.1. The molecule has 2 saturated carbocycles. The summed E-state index contributed by atoms with van der Waals surface area (Å²) in [5, 5.41) is 31.1. The van der Waals surface area contributed by atoms with Crippen LogP contribution in [0.1, 0.15) is 52.7 Å². The minimum Gasteiger partial charge on any atom is -0.487 e. The molecule has 3 aliphatic rings. The molecule has 6 heteroatoms. The first-order valence-corrected chi connectivity index (χ1v) is 11.6. The second-order valence-corrected chi connectivity index (χ2v) is 9.76. The number of hydrogen-bond acceptors (Lipinski definition) is 4. The van der Waals surface area contributed by atoms with Gasteiger partial charge in [0.2, 0.25) is 0 Å². The van der Waals surface area contributed by atoms with Gasteiger partial charge in [-0.25, -0.2) is 9.18 Å². The zero-order valence-corrected chi connectivity index (χ0v) is 18.6. The lowest BCUT2D eigenvalue weighted by atomic mass is 9.84. The Morgan fingerprint density at radius 2 is 2.00 bits per heavy atom. The van der Waals surface area contributed by atoms with Gasteiger partial charge in [-0.05, 0) is 55.4 Å². The molecule has 0 amide bonds. The molecule has 2 aliphatic carbocycles. The quantitative estimate of drug-likeness (QED) is 0.593. The fourth-order valence-corrected chi connectivity index (χ4v) is 5.86. The van der Waals surface area contributed by atoms with Gasteiger partial charge in [0.25, 0.3) is 0 Å². The minimum atomic E-state index is -1.33. The van der Waals surface area contributed by atoms with Crippen molar-refractivity contribution in [2.24, 2.45) is 11.8 Å². The molecule has 0 aromatic heterocycles. The zero-order chi connectivity index (χ0) is 23.3. The molecule has 33 heavy (non-hydrogen) atoms. The van der Waals surface area contributed by atoms with Crippen LogP contribution < -0.4 is 4.74 Å². The summed E-state index contributed by atoms with van der Waals surface area (Å²) in [6.45, 7) is 2.06. The highest BCUT2D eigenvalue weighted by Crippen LogP contribution is 2.52. The van der Waals surface area contributed by atoms with Crippen molar-refractivity contribution in [3.8, 4) is 5.75 Å². The number of aliphatic hydroxyl groups excluding tert-OH is 2. The Balaban J connectivity index is 1.36. The second kappa shape index (κ2) is 8.26. The number of hydrogen-bond donors (Lipinski definition) is 3. The van der Waals surface area contributed by atoms with Crippen LogP contribution in [0.2, 0.25) is 0 Å². The average molecular weight is 453 g/mol. The molecule has 174 valence electrons. The molecule has 0 saturated heterocycles. The molecule has 1 unspecified atom stereocenters. The number of halogens is 1. The van der Waals surface area contributed by atoms with Crippen LogP contribution in [0.25, 0.3) is 0 Å². The molecule has 5 rings (SSSR count). The van der Waals surface area contributed by atoms with E-state index in [0.29, 0.717) is 24.8 Å². The molecule has 5 atom stereocenters. The monoisotopic (exact) mass is 452 g/mol. The number of carbonyl (C=O) groups is 1. The van der Waals surface area contributed by atoms with Crippen molar-refractivity contribution in [3.63, 3.8) is 0 Å². The smallest absolute Gasteiger partial charge is 0.338 e.